The maximum Gasteiger partial charge on any atom is 0.254 e. The molecule has 1 N–H and O–H groups in total. The van der Waals surface area contributed by atoms with E-state index in [4.69, 9.17) is 4.74 Å². The lowest BCUT2D eigenvalue weighted by atomic mass is 10.2. The number of hydrogen-bond acceptors (Lipinski definition) is 5. The topological polar surface area (TPSA) is 71.5 Å². The van der Waals surface area contributed by atoms with Gasteiger partial charge in [0.1, 0.15) is 12.3 Å². The van der Waals surface area contributed by atoms with Crippen LogP contribution in [0.3, 0.4) is 0 Å². The van der Waals surface area contributed by atoms with Crippen LogP contribution >= 0.6 is 11.3 Å². The first-order chi connectivity index (χ1) is 11.7. The van der Waals surface area contributed by atoms with Crippen LogP contribution in [0.25, 0.3) is 0 Å². The minimum absolute atomic E-state index is 0.0287. The molecular weight excluding hydrogens is 326 g/mol. The molecule has 3 rings (SSSR count). The number of carbonyl (C=O) groups is 2. The van der Waals surface area contributed by atoms with Crippen molar-refractivity contribution in [3.05, 3.63) is 41.4 Å². The monoisotopic (exact) mass is 345 g/mol. The molecule has 7 heteroatoms. The molecule has 1 saturated carbocycles. The van der Waals surface area contributed by atoms with Crippen molar-refractivity contribution in [1.82, 2.24) is 9.88 Å². The fraction of sp³-hybridized carbons (Fsp3) is 0.353. The zero-order chi connectivity index (χ0) is 16.9. The highest BCUT2D eigenvalue weighted by molar-refractivity contribution is 7.13. The van der Waals surface area contributed by atoms with Crippen molar-refractivity contribution >= 4 is 28.3 Å². The second kappa shape index (κ2) is 7.44. The van der Waals surface area contributed by atoms with Gasteiger partial charge < -0.3 is 15.0 Å². The lowest BCUT2D eigenvalue weighted by Crippen LogP contribution is -2.39. The minimum atomic E-state index is -0.229. The largest absolute Gasteiger partial charge is 0.497 e. The molecule has 2 amide bonds. The van der Waals surface area contributed by atoms with Gasteiger partial charge in [0.2, 0.25) is 5.91 Å². The van der Waals surface area contributed by atoms with Crippen molar-refractivity contribution in [3.63, 3.8) is 0 Å². The van der Waals surface area contributed by atoms with Crippen LogP contribution in [0.4, 0.5) is 5.13 Å². The first kappa shape index (κ1) is 16.4. The van der Waals surface area contributed by atoms with Crippen molar-refractivity contribution in [2.75, 3.05) is 25.5 Å². The van der Waals surface area contributed by atoms with Crippen LogP contribution in [0, 0.1) is 5.92 Å². The predicted octanol–water partition coefficient (Wildman–Crippen LogP) is 2.64. The summed E-state index contributed by atoms with van der Waals surface area (Å²) in [6.07, 6.45) is 3.85. The molecule has 6 nitrogen and oxygen atoms in total. The van der Waals surface area contributed by atoms with E-state index in [2.05, 4.69) is 10.3 Å². The number of amides is 2. The van der Waals surface area contributed by atoms with Gasteiger partial charge in [-0.25, -0.2) is 4.98 Å². The predicted molar refractivity (Wildman–Crippen MR) is 92.4 cm³/mol. The number of methoxy groups -OCH3 is 1. The Labute approximate surface area is 144 Å². The minimum Gasteiger partial charge on any atom is -0.497 e. The molecule has 0 radical (unpaired) electrons. The molecule has 1 heterocycles. The molecule has 0 bridgehead atoms. The Bertz CT molecular complexity index is 696. The van der Waals surface area contributed by atoms with Gasteiger partial charge in [0, 0.05) is 23.7 Å². The van der Waals surface area contributed by atoms with E-state index in [1.807, 2.05) is 0 Å². The van der Waals surface area contributed by atoms with Crippen molar-refractivity contribution in [2.45, 2.75) is 12.8 Å². The van der Waals surface area contributed by atoms with Crippen LogP contribution in [-0.4, -0.2) is 41.9 Å². The van der Waals surface area contributed by atoms with E-state index in [9.17, 15) is 9.59 Å². The molecule has 0 spiro atoms. The number of aromatic nitrogens is 1. The summed E-state index contributed by atoms with van der Waals surface area (Å²) in [5.74, 6) is 0.827. The molecule has 0 aliphatic heterocycles. The number of carbonyl (C=O) groups excluding carboxylic acids is 2. The van der Waals surface area contributed by atoms with E-state index in [1.165, 1.54) is 11.3 Å². The van der Waals surface area contributed by atoms with Gasteiger partial charge in [-0.05, 0) is 43.0 Å². The molecule has 1 aromatic carbocycles. The third-order valence-corrected chi connectivity index (χ3v) is 4.50. The van der Waals surface area contributed by atoms with Crippen LogP contribution in [0.2, 0.25) is 0 Å². The average molecular weight is 345 g/mol. The summed E-state index contributed by atoms with van der Waals surface area (Å²) in [6.45, 7) is 0.636. The zero-order valence-corrected chi connectivity index (χ0v) is 14.2. The number of nitrogens with zero attached hydrogens (tertiary/aromatic N) is 2. The van der Waals surface area contributed by atoms with Gasteiger partial charge in [-0.1, -0.05) is 0 Å². The third kappa shape index (κ3) is 4.32. The second-order valence-electron chi connectivity index (χ2n) is 5.74. The summed E-state index contributed by atoms with van der Waals surface area (Å²) in [5, 5.41) is 5.06. The molecule has 0 atom stereocenters. The summed E-state index contributed by atoms with van der Waals surface area (Å²) in [7, 11) is 1.58. The van der Waals surface area contributed by atoms with Crippen molar-refractivity contribution in [3.8, 4) is 5.75 Å². The fourth-order valence-corrected chi connectivity index (χ4v) is 2.91. The Kier molecular flexibility index (Phi) is 5.10. The Morgan fingerprint density at radius 2 is 2.08 bits per heavy atom. The summed E-state index contributed by atoms with van der Waals surface area (Å²) in [5.41, 5.74) is 0.554. The maximum absolute atomic E-state index is 12.7. The number of rotatable bonds is 7. The number of nitrogens with one attached hydrogen (secondary N) is 1. The second-order valence-corrected chi connectivity index (χ2v) is 6.64. The highest BCUT2D eigenvalue weighted by Crippen LogP contribution is 2.30. The van der Waals surface area contributed by atoms with Crippen molar-refractivity contribution < 1.29 is 14.3 Å². The fourth-order valence-electron chi connectivity index (χ4n) is 2.36. The Balaban J connectivity index is 1.67. The Morgan fingerprint density at radius 3 is 2.67 bits per heavy atom. The Hall–Kier alpha value is -2.41. The molecule has 1 aliphatic carbocycles. The summed E-state index contributed by atoms with van der Waals surface area (Å²) in [4.78, 5) is 30.6. The molecule has 24 heavy (non-hydrogen) atoms. The average Bonchev–Trinajstić information content (AvgIpc) is 3.27. The highest BCUT2D eigenvalue weighted by atomic mass is 32.1. The van der Waals surface area contributed by atoms with Crippen LogP contribution in [0.5, 0.6) is 5.75 Å². The number of ether oxygens (including phenoxy) is 1. The molecule has 1 aromatic heterocycles. The van der Waals surface area contributed by atoms with Crippen LogP contribution in [0.1, 0.15) is 23.2 Å². The lowest BCUT2D eigenvalue weighted by molar-refractivity contribution is -0.116. The highest BCUT2D eigenvalue weighted by Gasteiger charge is 2.28. The SMILES string of the molecule is COc1ccc(C(=O)N(CC(=O)Nc2nccs2)CC2CC2)cc1. The van der Waals surface area contributed by atoms with Crippen LogP contribution in [0.15, 0.2) is 35.8 Å². The normalized spacial score (nSPS) is 13.4. The van der Waals surface area contributed by atoms with E-state index in [0.29, 0.717) is 28.9 Å². The van der Waals surface area contributed by atoms with E-state index >= 15 is 0 Å². The van der Waals surface area contributed by atoms with E-state index in [0.717, 1.165) is 12.8 Å². The zero-order valence-electron chi connectivity index (χ0n) is 13.4. The van der Waals surface area contributed by atoms with Gasteiger partial charge >= 0.3 is 0 Å². The molecular formula is C17H19N3O3S. The van der Waals surface area contributed by atoms with Crippen LogP contribution in [-0.2, 0) is 4.79 Å². The van der Waals surface area contributed by atoms with Gasteiger partial charge in [-0.3, -0.25) is 9.59 Å². The van der Waals surface area contributed by atoms with Crippen molar-refractivity contribution in [1.29, 1.82) is 0 Å². The van der Waals surface area contributed by atoms with Gasteiger partial charge in [-0.2, -0.15) is 0 Å². The summed E-state index contributed by atoms with van der Waals surface area (Å²) >= 11 is 1.35. The number of benzene rings is 1. The van der Waals surface area contributed by atoms with Gasteiger partial charge in [0.15, 0.2) is 5.13 Å². The molecule has 2 aromatic rings. The first-order valence-electron chi connectivity index (χ1n) is 7.78. The number of hydrogen-bond donors (Lipinski definition) is 1. The van der Waals surface area contributed by atoms with E-state index in [-0.39, 0.29) is 18.4 Å². The smallest absolute Gasteiger partial charge is 0.254 e. The van der Waals surface area contributed by atoms with Gasteiger partial charge in [0.05, 0.1) is 7.11 Å². The quantitative estimate of drug-likeness (QED) is 0.837. The Morgan fingerprint density at radius 1 is 1.33 bits per heavy atom. The standard InChI is InChI=1S/C17H19N3O3S/c1-23-14-6-4-13(5-7-14)16(22)20(10-12-2-3-12)11-15(21)19-17-18-8-9-24-17/h4-9,12H,2-3,10-11H2,1H3,(H,18,19,21). The summed E-state index contributed by atoms with van der Waals surface area (Å²) < 4.78 is 5.11. The maximum atomic E-state index is 12.7. The lowest BCUT2D eigenvalue weighted by Gasteiger charge is -2.22. The molecule has 1 fully saturated rings. The third-order valence-electron chi connectivity index (χ3n) is 3.81. The molecule has 0 saturated heterocycles. The van der Waals surface area contributed by atoms with Crippen LogP contribution < -0.4 is 10.1 Å². The first-order valence-corrected chi connectivity index (χ1v) is 8.66. The molecule has 126 valence electrons. The van der Waals surface area contributed by atoms with Crippen molar-refractivity contribution in [2.24, 2.45) is 5.92 Å². The van der Waals surface area contributed by atoms with Gasteiger partial charge in [0.25, 0.3) is 5.91 Å². The van der Waals surface area contributed by atoms with Gasteiger partial charge in [-0.15, -0.1) is 11.3 Å². The molecule has 0 unspecified atom stereocenters. The number of thiazole rings is 1. The molecule has 1 aliphatic rings. The van der Waals surface area contributed by atoms with E-state index < -0.39 is 0 Å². The summed E-state index contributed by atoms with van der Waals surface area (Å²) in [6, 6.07) is 6.94. The van der Waals surface area contributed by atoms with E-state index in [1.54, 1.807) is 47.9 Å². The number of anilines is 1.